The Labute approximate surface area is 119 Å². The van der Waals surface area contributed by atoms with E-state index in [1.54, 1.807) is 0 Å². The van der Waals surface area contributed by atoms with Gasteiger partial charge in [-0.15, -0.1) is 11.3 Å². The Hall–Kier alpha value is -0.860. The first-order chi connectivity index (χ1) is 8.98. The Balaban J connectivity index is 1.81. The summed E-state index contributed by atoms with van der Waals surface area (Å²) in [4.78, 5) is 0. The predicted molar refractivity (Wildman–Crippen MR) is 84.7 cm³/mol. The fourth-order valence-corrected chi connectivity index (χ4v) is 4.11. The molecule has 1 fully saturated rings. The van der Waals surface area contributed by atoms with Gasteiger partial charge in [-0.2, -0.15) is 0 Å². The van der Waals surface area contributed by atoms with Gasteiger partial charge < -0.3 is 5.73 Å². The summed E-state index contributed by atoms with van der Waals surface area (Å²) in [5, 5.41) is 3.71. The zero-order valence-electron chi connectivity index (χ0n) is 11.9. The first-order valence-electron chi connectivity index (χ1n) is 7.22. The van der Waals surface area contributed by atoms with Gasteiger partial charge in [-0.25, -0.2) is 0 Å². The SMILES string of the molecule is CC1(C)CCC(N)(Cc2csc3ccccc23)CC1. The second-order valence-corrected chi connectivity index (χ2v) is 7.87. The average molecular weight is 273 g/mol. The number of benzene rings is 1. The number of hydrogen-bond acceptors (Lipinski definition) is 2. The maximum Gasteiger partial charge on any atom is 0.0345 e. The van der Waals surface area contributed by atoms with Gasteiger partial charge in [0.2, 0.25) is 0 Å². The van der Waals surface area contributed by atoms with Crippen LogP contribution in [-0.4, -0.2) is 5.54 Å². The highest BCUT2D eigenvalue weighted by atomic mass is 32.1. The third-order valence-corrected chi connectivity index (χ3v) is 5.72. The molecule has 0 atom stereocenters. The molecule has 1 aromatic carbocycles. The smallest absolute Gasteiger partial charge is 0.0345 e. The van der Waals surface area contributed by atoms with E-state index in [0.717, 1.165) is 19.3 Å². The summed E-state index contributed by atoms with van der Waals surface area (Å²) in [5.41, 5.74) is 8.61. The van der Waals surface area contributed by atoms with Crippen molar-refractivity contribution in [3.05, 3.63) is 35.2 Å². The third kappa shape index (κ3) is 2.70. The molecular weight excluding hydrogens is 250 g/mol. The van der Waals surface area contributed by atoms with Crippen molar-refractivity contribution in [2.75, 3.05) is 0 Å². The molecule has 2 N–H and O–H groups in total. The number of fused-ring (bicyclic) bond motifs is 1. The van der Waals surface area contributed by atoms with E-state index in [0.29, 0.717) is 5.41 Å². The first-order valence-corrected chi connectivity index (χ1v) is 8.10. The summed E-state index contributed by atoms with van der Waals surface area (Å²) in [6.07, 6.45) is 5.86. The molecule has 0 bridgehead atoms. The van der Waals surface area contributed by atoms with Gasteiger partial charge in [-0.3, -0.25) is 0 Å². The fourth-order valence-electron chi connectivity index (χ4n) is 3.15. The maximum absolute atomic E-state index is 6.67. The molecule has 0 amide bonds. The minimum atomic E-state index is 0.0133. The van der Waals surface area contributed by atoms with Crippen LogP contribution in [0.3, 0.4) is 0 Å². The zero-order chi connectivity index (χ0) is 13.5. The Morgan fingerprint density at radius 3 is 2.53 bits per heavy atom. The molecule has 3 rings (SSSR count). The standard InChI is InChI=1S/C17H23NS/c1-16(2)7-9-17(18,10-8-16)11-13-12-19-15-6-4-3-5-14(13)15/h3-6,12H,7-11,18H2,1-2H3. The van der Waals surface area contributed by atoms with E-state index in [2.05, 4.69) is 43.5 Å². The van der Waals surface area contributed by atoms with Crippen molar-refractivity contribution in [3.63, 3.8) is 0 Å². The molecule has 0 saturated heterocycles. The molecule has 1 nitrogen and oxygen atoms in total. The lowest BCUT2D eigenvalue weighted by molar-refractivity contribution is 0.165. The summed E-state index contributed by atoms with van der Waals surface area (Å²) in [6, 6.07) is 8.68. The van der Waals surface area contributed by atoms with Gasteiger partial charge >= 0.3 is 0 Å². The molecule has 0 radical (unpaired) electrons. The van der Waals surface area contributed by atoms with Crippen LogP contribution in [0.2, 0.25) is 0 Å². The van der Waals surface area contributed by atoms with Crippen LogP contribution < -0.4 is 5.73 Å². The molecule has 19 heavy (non-hydrogen) atoms. The quantitative estimate of drug-likeness (QED) is 0.840. The van der Waals surface area contributed by atoms with Gasteiger partial charge in [0, 0.05) is 10.2 Å². The fraction of sp³-hybridized carbons (Fsp3) is 0.529. The van der Waals surface area contributed by atoms with Crippen LogP contribution in [0.4, 0.5) is 0 Å². The Bertz CT molecular complexity index is 572. The Morgan fingerprint density at radius 1 is 1.11 bits per heavy atom. The van der Waals surface area contributed by atoms with Crippen molar-refractivity contribution in [2.24, 2.45) is 11.1 Å². The van der Waals surface area contributed by atoms with E-state index in [1.165, 1.54) is 28.5 Å². The van der Waals surface area contributed by atoms with Crippen molar-refractivity contribution in [1.29, 1.82) is 0 Å². The lowest BCUT2D eigenvalue weighted by atomic mass is 9.68. The van der Waals surface area contributed by atoms with Crippen molar-refractivity contribution in [1.82, 2.24) is 0 Å². The molecule has 0 aliphatic heterocycles. The number of nitrogens with two attached hydrogens (primary N) is 1. The van der Waals surface area contributed by atoms with E-state index in [9.17, 15) is 0 Å². The number of rotatable bonds is 2. The van der Waals surface area contributed by atoms with Crippen LogP contribution in [0, 0.1) is 5.41 Å². The number of thiophene rings is 1. The van der Waals surface area contributed by atoms with Crippen molar-refractivity contribution in [2.45, 2.75) is 51.5 Å². The molecule has 2 heteroatoms. The molecule has 0 unspecified atom stereocenters. The second-order valence-electron chi connectivity index (χ2n) is 6.96. The molecular formula is C17H23NS. The van der Waals surface area contributed by atoms with Crippen molar-refractivity contribution in [3.8, 4) is 0 Å². The van der Waals surface area contributed by atoms with Gasteiger partial charge in [-0.05, 0) is 59.9 Å². The van der Waals surface area contributed by atoms with E-state index in [4.69, 9.17) is 5.73 Å². The molecule has 1 saturated carbocycles. The van der Waals surface area contributed by atoms with E-state index in [1.807, 2.05) is 11.3 Å². The monoisotopic (exact) mass is 273 g/mol. The largest absolute Gasteiger partial charge is 0.325 e. The van der Waals surface area contributed by atoms with Gasteiger partial charge in [0.1, 0.15) is 0 Å². The molecule has 1 aliphatic carbocycles. The van der Waals surface area contributed by atoms with Crippen LogP contribution in [0.5, 0.6) is 0 Å². The summed E-state index contributed by atoms with van der Waals surface area (Å²) in [6.45, 7) is 4.74. The maximum atomic E-state index is 6.67. The predicted octanol–water partition coefficient (Wildman–Crippen LogP) is 4.74. The lowest BCUT2D eigenvalue weighted by Gasteiger charge is -2.41. The molecule has 1 aliphatic rings. The van der Waals surface area contributed by atoms with Crippen molar-refractivity contribution < 1.29 is 0 Å². The lowest BCUT2D eigenvalue weighted by Crippen LogP contribution is -2.46. The third-order valence-electron chi connectivity index (χ3n) is 4.70. The summed E-state index contributed by atoms with van der Waals surface area (Å²) < 4.78 is 1.39. The van der Waals surface area contributed by atoms with Crippen LogP contribution in [-0.2, 0) is 6.42 Å². The summed E-state index contributed by atoms with van der Waals surface area (Å²) in [5.74, 6) is 0. The average Bonchev–Trinajstić information content (AvgIpc) is 2.78. The van der Waals surface area contributed by atoms with Crippen molar-refractivity contribution >= 4 is 21.4 Å². The molecule has 1 heterocycles. The molecule has 102 valence electrons. The van der Waals surface area contributed by atoms with E-state index in [-0.39, 0.29) is 5.54 Å². The minimum Gasteiger partial charge on any atom is -0.325 e. The molecule has 1 aromatic heterocycles. The summed E-state index contributed by atoms with van der Waals surface area (Å²) in [7, 11) is 0. The topological polar surface area (TPSA) is 26.0 Å². The zero-order valence-corrected chi connectivity index (χ0v) is 12.7. The highest BCUT2D eigenvalue weighted by molar-refractivity contribution is 7.17. The van der Waals surface area contributed by atoms with E-state index < -0.39 is 0 Å². The van der Waals surface area contributed by atoms with Crippen LogP contribution in [0.25, 0.3) is 10.1 Å². The van der Waals surface area contributed by atoms with E-state index >= 15 is 0 Å². The Kier molecular flexibility index (Phi) is 3.18. The van der Waals surface area contributed by atoms with Gasteiger partial charge in [0.25, 0.3) is 0 Å². The highest BCUT2D eigenvalue weighted by Gasteiger charge is 2.35. The van der Waals surface area contributed by atoms with Crippen LogP contribution in [0.15, 0.2) is 29.6 Å². The number of hydrogen-bond donors (Lipinski definition) is 1. The normalized spacial score (nSPS) is 21.6. The highest BCUT2D eigenvalue weighted by Crippen LogP contribution is 2.41. The minimum absolute atomic E-state index is 0.0133. The van der Waals surface area contributed by atoms with Gasteiger partial charge in [-0.1, -0.05) is 32.0 Å². The van der Waals surface area contributed by atoms with Gasteiger partial charge in [0.05, 0.1) is 0 Å². The first kappa shape index (κ1) is 13.1. The second kappa shape index (κ2) is 4.60. The van der Waals surface area contributed by atoms with Crippen LogP contribution >= 0.6 is 11.3 Å². The Morgan fingerprint density at radius 2 is 1.79 bits per heavy atom. The molecule has 0 spiro atoms. The summed E-state index contributed by atoms with van der Waals surface area (Å²) >= 11 is 1.85. The molecule has 2 aromatic rings. The van der Waals surface area contributed by atoms with Crippen LogP contribution in [0.1, 0.15) is 45.1 Å². The van der Waals surface area contributed by atoms with Gasteiger partial charge in [0.15, 0.2) is 0 Å².